The summed E-state index contributed by atoms with van der Waals surface area (Å²) < 4.78 is 7.04. The van der Waals surface area contributed by atoms with E-state index in [-0.39, 0.29) is 12.3 Å². The molecule has 0 atom stereocenters. The zero-order chi connectivity index (χ0) is 18.4. The fourth-order valence-corrected chi connectivity index (χ4v) is 2.55. The van der Waals surface area contributed by atoms with E-state index in [0.29, 0.717) is 29.9 Å². The van der Waals surface area contributed by atoms with E-state index in [0.717, 1.165) is 11.1 Å². The lowest BCUT2D eigenvalue weighted by atomic mass is 9.99. The Morgan fingerprint density at radius 1 is 1.24 bits per heavy atom. The Morgan fingerprint density at radius 3 is 2.52 bits per heavy atom. The summed E-state index contributed by atoms with van der Waals surface area (Å²) in [6.07, 6.45) is 2.42. The summed E-state index contributed by atoms with van der Waals surface area (Å²) in [6, 6.07) is 9.51. The molecule has 0 saturated carbocycles. The molecule has 1 aromatic heterocycles. The number of benzene rings is 1. The van der Waals surface area contributed by atoms with Crippen molar-refractivity contribution in [1.82, 2.24) is 9.55 Å². The average molecular weight is 340 g/mol. The number of ether oxygens (including phenoxy) is 1. The van der Waals surface area contributed by atoms with Gasteiger partial charge in [-0.2, -0.15) is 0 Å². The highest BCUT2D eigenvalue weighted by Gasteiger charge is 2.17. The molecule has 5 nitrogen and oxygen atoms in total. The predicted octanol–water partition coefficient (Wildman–Crippen LogP) is 3.10. The van der Waals surface area contributed by atoms with Crippen molar-refractivity contribution in [2.75, 3.05) is 6.61 Å². The zero-order valence-corrected chi connectivity index (χ0v) is 15.0. The van der Waals surface area contributed by atoms with Crippen LogP contribution in [0.3, 0.4) is 0 Å². The fraction of sp³-hybridized carbons (Fsp3) is 0.300. The smallest absolute Gasteiger partial charge is 0.330 e. The monoisotopic (exact) mass is 340 g/mol. The van der Waals surface area contributed by atoms with Crippen molar-refractivity contribution < 1.29 is 4.74 Å². The van der Waals surface area contributed by atoms with Crippen LogP contribution in [0, 0.1) is 0 Å². The largest absolute Gasteiger partial charge is 0.357 e. The highest BCUT2D eigenvalue weighted by molar-refractivity contribution is 5.77. The first-order chi connectivity index (χ1) is 12.0. The van der Waals surface area contributed by atoms with E-state index in [1.807, 2.05) is 57.2 Å². The summed E-state index contributed by atoms with van der Waals surface area (Å²) in [5, 5.41) is 0. The van der Waals surface area contributed by atoms with Crippen LogP contribution in [0.5, 0.6) is 0 Å². The first-order valence-corrected chi connectivity index (χ1v) is 8.27. The summed E-state index contributed by atoms with van der Waals surface area (Å²) in [7, 11) is 0. The van der Waals surface area contributed by atoms with Crippen LogP contribution in [0.25, 0.3) is 5.57 Å². The number of nitrogens with one attached hydrogen (secondary N) is 1. The second-order valence-electron chi connectivity index (χ2n) is 5.99. The maximum absolute atomic E-state index is 12.4. The molecule has 0 saturated heterocycles. The molecule has 1 aromatic carbocycles. The number of H-pyrrole nitrogens is 1. The van der Waals surface area contributed by atoms with Crippen LogP contribution in [0.1, 0.15) is 37.6 Å². The second kappa shape index (κ2) is 8.44. The molecule has 25 heavy (non-hydrogen) atoms. The van der Waals surface area contributed by atoms with Gasteiger partial charge in [0, 0.05) is 5.56 Å². The number of nitrogens with zero attached hydrogens (tertiary/aromatic N) is 1. The van der Waals surface area contributed by atoms with Gasteiger partial charge in [0.2, 0.25) is 0 Å². The SMILES string of the molecule is C=C(c1ccccc1)c1c(CC)c(=O)[nH]c(=O)n1COCC=C(C)C. The molecule has 0 aliphatic rings. The third kappa shape index (κ3) is 4.45. The highest BCUT2D eigenvalue weighted by atomic mass is 16.5. The summed E-state index contributed by atoms with van der Waals surface area (Å²) in [6.45, 7) is 10.4. The molecule has 0 aliphatic heterocycles. The first-order valence-electron chi connectivity index (χ1n) is 8.27. The Morgan fingerprint density at radius 2 is 1.92 bits per heavy atom. The van der Waals surface area contributed by atoms with E-state index >= 15 is 0 Å². The maximum Gasteiger partial charge on any atom is 0.330 e. The van der Waals surface area contributed by atoms with Crippen molar-refractivity contribution in [3.05, 3.63) is 86.2 Å². The van der Waals surface area contributed by atoms with Gasteiger partial charge in [-0.1, -0.05) is 55.5 Å². The maximum atomic E-state index is 12.4. The molecule has 0 radical (unpaired) electrons. The van der Waals surface area contributed by atoms with E-state index in [2.05, 4.69) is 11.6 Å². The Kier molecular flexibility index (Phi) is 6.31. The van der Waals surface area contributed by atoms with Gasteiger partial charge in [-0.15, -0.1) is 0 Å². The Labute approximate surface area is 147 Å². The third-order valence-corrected chi connectivity index (χ3v) is 3.89. The van der Waals surface area contributed by atoms with Crippen LogP contribution in [0.2, 0.25) is 0 Å². The average Bonchev–Trinajstić information content (AvgIpc) is 2.59. The predicted molar refractivity (Wildman–Crippen MR) is 101 cm³/mol. The van der Waals surface area contributed by atoms with Crippen molar-refractivity contribution in [2.24, 2.45) is 0 Å². The van der Waals surface area contributed by atoms with E-state index in [9.17, 15) is 9.59 Å². The van der Waals surface area contributed by atoms with Crippen molar-refractivity contribution in [2.45, 2.75) is 33.9 Å². The van der Waals surface area contributed by atoms with Gasteiger partial charge in [0.25, 0.3) is 5.56 Å². The second-order valence-corrected chi connectivity index (χ2v) is 5.99. The van der Waals surface area contributed by atoms with Crippen LogP contribution in [-0.4, -0.2) is 16.2 Å². The minimum absolute atomic E-state index is 0.0492. The summed E-state index contributed by atoms with van der Waals surface area (Å²) in [4.78, 5) is 27.0. The topological polar surface area (TPSA) is 64.1 Å². The zero-order valence-electron chi connectivity index (χ0n) is 15.0. The van der Waals surface area contributed by atoms with Crippen LogP contribution in [0.15, 0.2) is 58.1 Å². The Bertz CT molecular complexity index is 885. The molecule has 5 heteroatoms. The van der Waals surface area contributed by atoms with Gasteiger partial charge in [0.15, 0.2) is 0 Å². The van der Waals surface area contributed by atoms with Gasteiger partial charge < -0.3 is 4.74 Å². The number of aromatic nitrogens is 2. The summed E-state index contributed by atoms with van der Waals surface area (Å²) in [5.74, 6) is 0. The van der Waals surface area contributed by atoms with Gasteiger partial charge >= 0.3 is 5.69 Å². The third-order valence-electron chi connectivity index (χ3n) is 3.89. The van der Waals surface area contributed by atoms with E-state index in [4.69, 9.17) is 4.74 Å². The van der Waals surface area contributed by atoms with Crippen molar-refractivity contribution in [3.63, 3.8) is 0 Å². The summed E-state index contributed by atoms with van der Waals surface area (Å²) >= 11 is 0. The lowest BCUT2D eigenvalue weighted by Crippen LogP contribution is -2.35. The Balaban J connectivity index is 2.51. The number of hydrogen-bond acceptors (Lipinski definition) is 3. The minimum atomic E-state index is -0.494. The molecule has 0 fully saturated rings. The van der Waals surface area contributed by atoms with Crippen molar-refractivity contribution in [3.8, 4) is 0 Å². The lowest BCUT2D eigenvalue weighted by molar-refractivity contribution is 0.0952. The molecule has 1 N–H and O–H groups in total. The van der Waals surface area contributed by atoms with Crippen LogP contribution < -0.4 is 11.2 Å². The normalized spacial score (nSPS) is 10.5. The number of allylic oxidation sites excluding steroid dienone is 1. The molecular weight excluding hydrogens is 316 g/mol. The van der Waals surface area contributed by atoms with Crippen LogP contribution in [0.4, 0.5) is 0 Å². The molecule has 2 aromatic rings. The van der Waals surface area contributed by atoms with Gasteiger partial charge in [-0.25, -0.2) is 4.79 Å². The van der Waals surface area contributed by atoms with Gasteiger partial charge in [-0.05, 0) is 31.4 Å². The number of rotatable bonds is 7. The highest BCUT2D eigenvalue weighted by Crippen LogP contribution is 2.22. The van der Waals surface area contributed by atoms with E-state index in [1.54, 1.807) is 0 Å². The van der Waals surface area contributed by atoms with Crippen LogP contribution >= 0.6 is 0 Å². The summed E-state index contributed by atoms with van der Waals surface area (Å²) in [5.41, 5.74) is 2.81. The first kappa shape index (κ1) is 18.7. The molecule has 0 aliphatic carbocycles. The molecule has 0 bridgehead atoms. The molecule has 0 unspecified atom stereocenters. The Hall–Kier alpha value is -2.66. The number of aromatic amines is 1. The molecule has 132 valence electrons. The standard InChI is InChI=1S/C20H24N2O3/c1-5-17-18(15(4)16-9-7-6-8-10-16)22(20(24)21-19(17)23)13-25-12-11-14(2)3/h6-11H,4-5,12-13H2,1-3H3,(H,21,23,24). The molecular formula is C20H24N2O3. The minimum Gasteiger partial charge on any atom is -0.357 e. The van der Waals surface area contributed by atoms with E-state index in [1.165, 1.54) is 4.57 Å². The van der Waals surface area contributed by atoms with Gasteiger partial charge in [0.05, 0.1) is 12.3 Å². The molecule has 0 spiro atoms. The lowest BCUT2D eigenvalue weighted by Gasteiger charge is -2.17. The van der Waals surface area contributed by atoms with E-state index < -0.39 is 5.69 Å². The van der Waals surface area contributed by atoms with Gasteiger partial charge in [-0.3, -0.25) is 14.3 Å². The fourth-order valence-electron chi connectivity index (χ4n) is 2.55. The van der Waals surface area contributed by atoms with Crippen LogP contribution in [-0.2, 0) is 17.9 Å². The van der Waals surface area contributed by atoms with Crippen molar-refractivity contribution >= 4 is 5.57 Å². The molecule has 0 amide bonds. The van der Waals surface area contributed by atoms with Gasteiger partial charge in [0.1, 0.15) is 6.73 Å². The quantitative estimate of drug-likeness (QED) is 0.622. The van der Waals surface area contributed by atoms with Crippen molar-refractivity contribution in [1.29, 1.82) is 0 Å². The number of hydrogen-bond donors (Lipinski definition) is 1. The molecule has 2 rings (SSSR count). The molecule has 1 heterocycles.